The van der Waals surface area contributed by atoms with Crippen LogP contribution in [0.25, 0.3) is 0 Å². The fraction of sp³-hybridized carbons (Fsp3) is 0.647. The van der Waals surface area contributed by atoms with Crippen molar-refractivity contribution in [2.75, 3.05) is 20.3 Å². The van der Waals surface area contributed by atoms with Crippen LogP contribution >= 0.6 is 11.8 Å². The number of rotatable bonds is 3. The summed E-state index contributed by atoms with van der Waals surface area (Å²) in [6.45, 7) is 6.22. The number of thioether (sulfide) groups is 1. The Labute approximate surface area is 131 Å². The standard InChI is InChI=1S/C17H25NO2S/c1-17(2)8-7-15(16(17)18-3)21-12-5-6-13-14(11-12)20-10-4-9-19-13/h5-6,11,15-16,18H,4,7-10H2,1-3H3. The Bertz CT molecular complexity index is 504. The van der Waals surface area contributed by atoms with Crippen molar-refractivity contribution in [1.29, 1.82) is 0 Å². The summed E-state index contributed by atoms with van der Waals surface area (Å²) in [4.78, 5) is 1.28. The Morgan fingerprint density at radius 3 is 2.71 bits per heavy atom. The van der Waals surface area contributed by atoms with Gasteiger partial charge in [0.2, 0.25) is 0 Å². The second kappa shape index (κ2) is 6.09. The van der Waals surface area contributed by atoms with Crippen LogP contribution in [-0.2, 0) is 0 Å². The zero-order chi connectivity index (χ0) is 14.9. The van der Waals surface area contributed by atoms with E-state index in [4.69, 9.17) is 9.47 Å². The fourth-order valence-corrected chi connectivity index (χ4v) is 4.98. The van der Waals surface area contributed by atoms with Gasteiger partial charge in [0, 0.05) is 22.6 Å². The van der Waals surface area contributed by atoms with E-state index in [-0.39, 0.29) is 0 Å². The van der Waals surface area contributed by atoms with Gasteiger partial charge in [0.1, 0.15) is 0 Å². The predicted molar refractivity (Wildman–Crippen MR) is 87.6 cm³/mol. The summed E-state index contributed by atoms with van der Waals surface area (Å²) in [5.41, 5.74) is 0.373. The molecule has 1 N–H and O–H groups in total. The highest BCUT2D eigenvalue weighted by Crippen LogP contribution is 2.46. The van der Waals surface area contributed by atoms with Gasteiger partial charge in [0.25, 0.3) is 0 Å². The van der Waals surface area contributed by atoms with Crippen molar-refractivity contribution in [2.24, 2.45) is 5.41 Å². The van der Waals surface area contributed by atoms with Crippen molar-refractivity contribution >= 4 is 11.8 Å². The predicted octanol–water partition coefficient (Wildman–Crippen LogP) is 3.72. The molecule has 1 heterocycles. The Morgan fingerprint density at radius 2 is 1.95 bits per heavy atom. The van der Waals surface area contributed by atoms with Gasteiger partial charge >= 0.3 is 0 Å². The summed E-state index contributed by atoms with van der Waals surface area (Å²) < 4.78 is 11.5. The number of fused-ring (bicyclic) bond motifs is 1. The lowest BCUT2D eigenvalue weighted by Gasteiger charge is -2.30. The molecular weight excluding hydrogens is 282 g/mol. The molecule has 116 valence electrons. The highest BCUT2D eigenvalue weighted by atomic mass is 32.2. The number of hydrogen-bond acceptors (Lipinski definition) is 4. The van der Waals surface area contributed by atoms with E-state index in [0.717, 1.165) is 31.1 Å². The normalized spacial score (nSPS) is 27.4. The van der Waals surface area contributed by atoms with Crippen molar-refractivity contribution in [3.63, 3.8) is 0 Å². The minimum absolute atomic E-state index is 0.373. The molecule has 0 spiro atoms. The largest absolute Gasteiger partial charge is 0.490 e. The molecule has 0 bridgehead atoms. The van der Waals surface area contributed by atoms with Crippen LogP contribution in [0, 0.1) is 5.41 Å². The maximum absolute atomic E-state index is 5.79. The molecule has 1 aliphatic heterocycles. The average Bonchev–Trinajstić information content (AvgIpc) is 2.64. The molecule has 2 unspecified atom stereocenters. The summed E-state index contributed by atoms with van der Waals surface area (Å²) in [6, 6.07) is 6.91. The first-order valence-electron chi connectivity index (χ1n) is 7.84. The first-order chi connectivity index (χ1) is 10.1. The van der Waals surface area contributed by atoms with Crippen LogP contribution in [0.15, 0.2) is 23.1 Å². The van der Waals surface area contributed by atoms with Gasteiger partial charge in [-0.2, -0.15) is 0 Å². The third-order valence-corrected chi connectivity index (χ3v) is 5.94. The smallest absolute Gasteiger partial charge is 0.162 e. The molecule has 1 fully saturated rings. The molecule has 1 aromatic carbocycles. The molecular formula is C17H25NO2S. The Balaban J connectivity index is 1.75. The van der Waals surface area contributed by atoms with E-state index in [1.807, 2.05) is 11.8 Å². The van der Waals surface area contributed by atoms with Crippen molar-refractivity contribution in [3.8, 4) is 11.5 Å². The van der Waals surface area contributed by atoms with Crippen LogP contribution in [0.5, 0.6) is 11.5 Å². The highest BCUT2D eigenvalue weighted by molar-refractivity contribution is 8.00. The molecule has 2 aliphatic rings. The molecule has 1 aromatic rings. The van der Waals surface area contributed by atoms with Crippen molar-refractivity contribution in [1.82, 2.24) is 5.32 Å². The van der Waals surface area contributed by atoms with E-state index in [1.165, 1.54) is 17.7 Å². The van der Waals surface area contributed by atoms with Gasteiger partial charge in [-0.15, -0.1) is 11.8 Å². The van der Waals surface area contributed by atoms with Gasteiger partial charge in [-0.25, -0.2) is 0 Å². The van der Waals surface area contributed by atoms with Gasteiger partial charge in [-0.3, -0.25) is 0 Å². The zero-order valence-corrected chi connectivity index (χ0v) is 14.0. The van der Waals surface area contributed by atoms with E-state index in [9.17, 15) is 0 Å². The lowest BCUT2D eigenvalue weighted by Crippen LogP contribution is -2.41. The number of nitrogens with one attached hydrogen (secondary N) is 1. The summed E-state index contributed by atoms with van der Waals surface area (Å²) in [5.74, 6) is 1.78. The highest BCUT2D eigenvalue weighted by Gasteiger charge is 2.41. The maximum Gasteiger partial charge on any atom is 0.162 e. The van der Waals surface area contributed by atoms with Crippen LogP contribution in [0.4, 0.5) is 0 Å². The fourth-order valence-electron chi connectivity index (χ4n) is 3.43. The number of ether oxygens (including phenoxy) is 2. The molecule has 21 heavy (non-hydrogen) atoms. The molecule has 1 aliphatic carbocycles. The van der Waals surface area contributed by atoms with Crippen LogP contribution < -0.4 is 14.8 Å². The molecule has 0 saturated heterocycles. The van der Waals surface area contributed by atoms with E-state index < -0.39 is 0 Å². The minimum Gasteiger partial charge on any atom is -0.490 e. The first-order valence-corrected chi connectivity index (χ1v) is 8.72. The third kappa shape index (κ3) is 3.16. The average molecular weight is 307 g/mol. The molecule has 3 nitrogen and oxygen atoms in total. The maximum atomic E-state index is 5.79. The van der Waals surface area contributed by atoms with Crippen molar-refractivity contribution < 1.29 is 9.47 Å². The summed E-state index contributed by atoms with van der Waals surface area (Å²) >= 11 is 1.97. The molecule has 3 rings (SSSR count). The van der Waals surface area contributed by atoms with Gasteiger partial charge in [-0.05, 0) is 43.5 Å². The van der Waals surface area contributed by atoms with E-state index >= 15 is 0 Å². The van der Waals surface area contributed by atoms with Gasteiger partial charge in [-0.1, -0.05) is 13.8 Å². The van der Waals surface area contributed by atoms with Crippen molar-refractivity contribution in [3.05, 3.63) is 18.2 Å². The van der Waals surface area contributed by atoms with Crippen molar-refractivity contribution in [2.45, 2.75) is 49.3 Å². The summed E-state index contributed by atoms with van der Waals surface area (Å²) in [7, 11) is 2.08. The molecule has 0 amide bonds. The molecule has 2 atom stereocenters. The summed E-state index contributed by atoms with van der Waals surface area (Å²) in [5, 5.41) is 4.14. The minimum atomic E-state index is 0.373. The molecule has 0 aromatic heterocycles. The quantitative estimate of drug-likeness (QED) is 0.922. The van der Waals surface area contributed by atoms with Crippen LogP contribution in [0.1, 0.15) is 33.1 Å². The number of hydrogen-bond donors (Lipinski definition) is 1. The zero-order valence-electron chi connectivity index (χ0n) is 13.1. The monoisotopic (exact) mass is 307 g/mol. The lowest BCUT2D eigenvalue weighted by atomic mass is 9.87. The SMILES string of the molecule is CNC1C(Sc2ccc3c(c2)OCCCO3)CCC1(C)C. The number of benzene rings is 1. The topological polar surface area (TPSA) is 30.5 Å². The third-order valence-electron chi connectivity index (χ3n) is 4.60. The Hall–Kier alpha value is -0.870. The Kier molecular flexibility index (Phi) is 4.36. The van der Waals surface area contributed by atoms with Gasteiger partial charge in [0.05, 0.1) is 13.2 Å². The molecule has 4 heteroatoms. The van der Waals surface area contributed by atoms with Gasteiger partial charge in [0.15, 0.2) is 11.5 Å². The second-order valence-corrected chi connectivity index (χ2v) is 7.92. The Morgan fingerprint density at radius 1 is 1.19 bits per heavy atom. The van der Waals surface area contributed by atoms with Crippen LogP contribution in [0.2, 0.25) is 0 Å². The van der Waals surface area contributed by atoms with Crippen LogP contribution in [-0.4, -0.2) is 31.6 Å². The molecule has 1 saturated carbocycles. The molecule has 0 radical (unpaired) electrons. The van der Waals surface area contributed by atoms with E-state index in [2.05, 4.69) is 44.4 Å². The first kappa shape index (κ1) is 15.0. The second-order valence-electron chi connectivity index (χ2n) is 6.61. The summed E-state index contributed by atoms with van der Waals surface area (Å²) in [6.07, 6.45) is 3.49. The van der Waals surface area contributed by atoms with Crippen LogP contribution in [0.3, 0.4) is 0 Å². The van der Waals surface area contributed by atoms with E-state index in [1.54, 1.807) is 0 Å². The lowest BCUT2D eigenvalue weighted by molar-refractivity contribution is 0.297. The van der Waals surface area contributed by atoms with Gasteiger partial charge < -0.3 is 14.8 Å². The van der Waals surface area contributed by atoms with E-state index in [0.29, 0.717) is 16.7 Å².